The van der Waals surface area contributed by atoms with E-state index in [9.17, 15) is 4.79 Å². The smallest absolute Gasteiger partial charge is 0.237 e. The maximum Gasteiger partial charge on any atom is 0.237 e. The third kappa shape index (κ3) is 2.47. The van der Waals surface area contributed by atoms with Gasteiger partial charge in [0.25, 0.3) is 0 Å². The largest absolute Gasteiger partial charge is 0.353 e. The normalized spacial score (nSPS) is 35.0. The molecule has 2 aliphatic rings. The second-order valence-corrected chi connectivity index (χ2v) is 5.86. The first-order valence-electron chi connectivity index (χ1n) is 6.77. The highest BCUT2D eigenvalue weighted by atomic mass is 16.2. The van der Waals surface area contributed by atoms with Gasteiger partial charge in [-0.2, -0.15) is 0 Å². The molecular formula is C13H25N3O. The number of nitrogens with one attached hydrogen (secondary N) is 2. The zero-order chi connectivity index (χ0) is 12.6. The summed E-state index contributed by atoms with van der Waals surface area (Å²) in [6.07, 6.45) is 0. The van der Waals surface area contributed by atoms with Gasteiger partial charge >= 0.3 is 0 Å². The molecule has 4 atom stereocenters. The van der Waals surface area contributed by atoms with Gasteiger partial charge in [0.2, 0.25) is 5.91 Å². The van der Waals surface area contributed by atoms with Crippen molar-refractivity contribution < 1.29 is 4.79 Å². The Kier molecular flexibility index (Phi) is 3.73. The van der Waals surface area contributed by atoms with Gasteiger partial charge in [0.1, 0.15) is 0 Å². The van der Waals surface area contributed by atoms with Gasteiger partial charge in [0.15, 0.2) is 0 Å². The fraction of sp³-hybridized carbons (Fsp3) is 0.923. The van der Waals surface area contributed by atoms with Crippen LogP contribution >= 0.6 is 0 Å². The summed E-state index contributed by atoms with van der Waals surface area (Å²) >= 11 is 0. The van der Waals surface area contributed by atoms with Crippen molar-refractivity contribution >= 4 is 5.91 Å². The highest BCUT2D eigenvalue weighted by Gasteiger charge is 2.44. The molecule has 0 aromatic heterocycles. The number of carbonyl (C=O) groups is 1. The molecule has 2 rings (SSSR count). The van der Waals surface area contributed by atoms with Gasteiger partial charge in [-0.05, 0) is 52.6 Å². The molecule has 2 heterocycles. The van der Waals surface area contributed by atoms with Crippen molar-refractivity contribution in [3.8, 4) is 0 Å². The number of hydrogen-bond donors (Lipinski definition) is 2. The minimum absolute atomic E-state index is 0.00185. The third-order valence-corrected chi connectivity index (χ3v) is 4.29. The molecule has 98 valence electrons. The molecule has 2 saturated heterocycles. The first kappa shape index (κ1) is 12.8. The van der Waals surface area contributed by atoms with E-state index in [0.717, 1.165) is 31.5 Å². The number of amides is 1. The number of nitrogens with zero attached hydrogens (tertiary/aromatic N) is 1. The van der Waals surface area contributed by atoms with E-state index in [0.29, 0.717) is 6.04 Å². The molecule has 2 aliphatic heterocycles. The van der Waals surface area contributed by atoms with Gasteiger partial charge < -0.3 is 10.6 Å². The monoisotopic (exact) mass is 239 g/mol. The van der Waals surface area contributed by atoms with Gasteiger partial charge in [0.05, 0.1) is 6.04 Å². The predicted molar refractivity (Wildman–Crippen MR) is 68.8 cm³/mol. The molecule has 2 N–H and O–H groups in total. The lowest BCUT2D eigenvalue weighted by Gasteiger charge is -2.30. The molecule has 1 amide bonds. The Hall–Kier alpha value is -0.610. The highest BCUT2D eigenvalue weighted by molar-refractivity contribution is 5.81. The lowest BCUT2D eigenvalue weighted by molar-refractivity contribution is -0.126. The topological polar surface area (TPSA) is 44.4 Å². The van der Waals surface area contributed by atoms with E-state index in [1.807, 2.05) is 20.8 Å². The molecule has 0 aromatic carbocycles. The number of fused-ring (bicyclic) bond motifs is 1. The molecule has 2 fully saturated rings. The molecule has 0 saturated carbocycles. The number of hydrogen-bond acceptors (Lipinski definition) is 3. The molecule has 17 heavy (non-hydrogen) atoms. The highest BCUT2D eigenvalue weighted by Crippen LogP contribution is 2.33. The molecule has 4 nitrogen and oxygen atoms in total. The number of rotatable bonds is 3. The van der Waals surface area contributed by atoms with Crippen molar-refractivity contribution in [2.75, 3.05) is 19.6 Å². The average Bonchev–Trinajstić information content (AvgIpc) is 2.80. The van der Waals surface area contributed by atoms with Crippen molar-refractivity contribution in [2.45, 2.75) is 45.8 Å². The SMILES string of the molecule is CC(C)NC(=O)C(C)N1CC2CNCC2C1C. The summed E-state index contributed by atoms with van der Waals surface area (Å²) in [6.45, 7) is 11.6. The summed E-state index contributed by atoms with van der Waals surface area (Å²) in [4.78, 5) is 14.4. The van der Waals surface area contributed by atoms with Crippen LogP contribution < -0.4 is 10.6 Å². The Morgan fingerprint density at radius 1 is 1.35 bits per heavy atom. The Morgan fingerprint density at radius 3 is 2.65 bits per heavy atom. The quantitative estimate of drug-likeness (QED) is 0.751. The summed E-state index contributed by atoms with van der Waals surface area (Å²) in [5.74, 6) is 1.63. The molecular weight excluding hydrogens is 214 g/mol. The Labute approximate surface area is 104 Å². The van der Waals surface area contributed by atoms with Crippen molar-refractivity contribution in [2.24, 2.45) is 11.8 Å². The van der Waals surface area contributed by atoms with Gasteiger partial charge in [-0.15, -0.1) is 0 Å². The zero-order valence-electron chi connectivity index (χ0n) is 11.4. The molecule has 0 bridgehead atoms. The Bertz CT molecular complexity index is 292. The van der Waals surface area contributed by atoms with Crippen molar-refractivity contribution in [3.05, 3.63) is 0 Å². The Balaban J connectivity index is 1.96. The van der Waals surface area contributed by atoms with E-state index in [1.54, 1.807) is 0 Å². The standard InChI is InChI=1S/C13H25N3O/c1-8(2)15-13(17)10(4)16-7-11-5-14-6-12(11)9(16)3/h8-12,14H,5-7H2,1-4H3,(H,15,17). The van der Waals surface area contributed by atoms with Crippen molar-refractivity contribution in [1.82, 2.24) is 15.5 Å². The van der Waals surface area contributed by atoms with Crippen LogP contribution in [0.1, 0.15) is 27.7 Å². The molecule has 0 spiro atoms. The van der Waals surface area contributed by atoms with Crippen LogP contribution in [0.5, 0.6) is 0 Å². The van der Waals surface area contributed by atoms with E-state index in [4.69, 9.17) is 0 Å². The average molecular weight is 239 g/mol. The predicted octanol–water partition coefficient (Wildman–Crippen LogP) is 0.439. The van der Waals surface area contributed by atoms with Crippen LogP contribution in [0.15, 0.2) is 0 Å². The molecule has 0 aromatic rings. The van der Waals surface area contributed by atoms with Crippen LogP contribution in [0, 0.1) is 11.8 Å². The van der Waals surface area contributed by atoms with Crippen molar-refractivity contribution in [3.63, 3.8) is 0 Å². The van der Waals surface area contributed by atoms with E-state index in [2.05, 4.69) is 22.5 Å². The minimum Gasteiger partial charge on any atom is -0.353 e. The number of likely N-dealkylation sites (tertiary alicyclic amines) is 1. The minimum atomic E-state index is -0.00185. The van der Waals surface area contributed by atoms with E-state index < -0.39 is 0 Å². The zero-order valence-corrected chi connectivity index (χ0v) is 11.4. The van der Waals surface area contributed by atoms with Crippen LogP contribution in [0.2, 0.25) is 0 Å². The van der Waals surface area contributed by atoms with E-state index in [1.165, 1.54) is 0 Å². The van der Waals surface area contributed by atoms with Gasteiger partial charge in [0, 0.05) is 18.6 Å². The van der Waals surface area contributed by atoms with Crippen LogP contribution in [0.3, 0.4) is 0 Å². The van der Waals surface area contributed by atoms with E-state index >= 15 is 0 Å². The fourth-order valence-electron chi connectivity index (χ4n) is 3.27. The lowest BCUT2D eigenvalue weighted by atomic mass is 9.95. The maximum atomic E-state index is 12.0. The molecule has 0 radical (unpaired) electrons. The number of carbonyl (C=O) groups excluding carboxylic acids is 1. The summed E-state index contributed by atoms with van der Waals surface area (Å²) in [5.41, 5.74) is 0. The van der Waals surface area contributed by atoms with E-state index in [-0.39, 0.29) is 18.0 Å². The van der Waals surface area contributed by atoms with Crippen LogP contribution in [-0.2, 0) is 4.79 Å². The van der Waals surface area contributed by atoms with Crippen LogP contribution in [-0.4, -0.2) is 48.6 Å². The van der Waals surface area contributed by atoms with Crippen LogP contribution in [0.4, 0.5) is 0 Å². The molecule has 4 unspecified atom stereocenters. The van der Waals surface area contributed by atoms with Gasteiger partial charge in [-0.1, -0.05) is 0 Å². The van der Waals surface area contributed by atoms with Crippen molar-refractivity contribution in [1.29, 1.82) is 0 Å². The lowest BCUT2D eigenvalue weighted by Crippen LogP contribution is -2.49. The summed E-state index contributed by atoms with van der Waals surface area (Å²) < 4.78 is 0. The third-order valence-electron chi connectivity index (χ3n) is 4.29. The Morgan fingerprint density at radius 2 is 2.06 bits per heavy atom. The second-order valence-electron chi connectivity index (χ2n) is 5.86. The molecule has 0 aliphatic carbocycles. The summed E-state index contributed by atoms with van der Waals surface area (Å²) in [6, 6.07) is 0.741. The first-order chi connectivity index (χ1) is 8.00. The summed E-state index contributed by atoms with van der Waals surface area (Å²) in [7, 11) is 0. The van der Waals surface area contributed by atoms with Gasteiger partial charge in [-0.25, -0.2) is 0 Å². The summed E-state index contributed by atoms with van der Waals surface area (Å²) in [5, 5.41) is 6.46. The first-order valence-corrected chi connectivity index (χ1v) is 6.77. The molecule has 4 heteroatoms. The fourth-order valence-corrected chi connectivity index (χ4v) is 3.27. The van der Waals surface area contributed by atoms with Gasteiger partial charge in [-0.3, -0.25) is 9.69 Å². The van der Waals surface area contributed by atoms with Crippen LogP contribution in [0.25, 0.3) is 0 Å². The second kappa shape index (κ2) is 4.94. The maximum absolute atomic E-state index is 12.0.